The van der Waals surface area contributed by atoms with E-state index in [9.17, 15) is 8.42 Å². The van der Waals surface area contributed by atoms with E-state index < -0.39 is 9.84 Å². The maximum absolute atomic E-state index is 12.0. The van der Waals surface area contributed by atoms with Crippen molar-refractivity contribution < 1.29 is 13.2 Å². The van der Waals surface area contributed by atoms with Crippen molar-refractivity contribution in [2.45, 2.75) is 31.1 Å². The van der Waals surface area contributed by atoms with Crippen molar-refractivity contribution in [1.82, 2.24) is 0 Å². The molecule has 0 saturated carbocycles. The highest BCUT2D eigenvalue weighted by atomic mass is 32.2. The molecular formula is C13H17NO3S. The Labute approximate surface area is 108 Å². The third-order valence-electron chi connectivity index (χ3n) is 2.67. The summed E-state index contributed by atoms with van der Waals surface area (Å²) in [5.41, 5.74) is 1.02. The Morgan fingerprint density at radius 3 is 2.56 bits per heavy atom. The zero-order chi connectivity index (χ0) is 13.8. The third-order valence-corrected chi connectivity index (χ3v) is 4.42. The average molecular weight is 267 g/mol. The first-order valence-electron chi connectivity index (χ1n) is 5.70. The molecule has 0 spiro atoms. The van der Waals surface area contributed by atoms with Crippen molar-refractivity contribution in [1.29, 1.82) is 5.26 Å². The monoisotopic (exact) mass is 267 g/mol. The molecule has 0 aromatic heterocycles. The molecule has 0 unspecified atom stereocenters. The molecule has 1 aromatic carbocycles. The largest absolute Gasteiger partial charge is 0.495 e. The van der Waals surface area contributed by atoms with Gasteiger partial charge >= 0.3 is 0 Å². The molecule has 98 valence electrons. The molecule has 0 heterocycles. The third kappa shape index (κ3) is 3.23. The molecule has 0 aliphatic rings. The molecule has 0 fully saturated rings. The van der Waals surface area contributed by atoms with E-state index in [1.807, 2.05) is 19.9 Å². The van der Waals surface area contributed by atoms with Crippen LogP contribution in [0.15, 0.2) is 23.1 Å². The number of hydrogen-bond acceptors (Lipinski definition) is 4. The Morgan fingerprint density at radius 2 is 2.06 bits per heavy atom. The van der Waals surface area contributed by atoms with E-state index in [2.05, 4.69) is 0 Å². The van der Waals surface area contributed by atoms with Gasteiger partial charge < -0.3 is 4.74 Å². The van der Waals surface area contributed by atoms with Crippen molar-refractivity contribution >= 4 is 9.84 Å². The summed E-state index contributed by atoms with van der Waals surface area (Å²) >= 11 is 0. The number of rotatable bonds is 5. The summed E-state index contributed by atoms with van der Waals surface area (Å²) in [4.78, 5) is 0.157. The maximum Gasteiger partial charge on any atom is 0.183 e. The second kappa shape index (κ2) is 5.87. The molecule has 1 aromatic rings. The summed E-state index contributed by atoms with van der Waals surface area (Å²) in [6.07, 6.45) is -0.0164. The quantitative estimate of drug-likeness (QED) is 0.822. The normalized spacial score (nSPS) is 11.3. The SMILES string of the molecule is COc1cc(C(C)C)ccc1S(=O)(=O)CCC#N. The van der Waals surface area contributed by atoms with Crippen LogP contribution < -0.4 is 4.74 Å². The second-order valence-corrected chi connectivity index (χ2v) is 6.37. The van der Waals surface area contributed by atoms with E-state index in [0.717, 1.165) is 5.56 Å². The lowest BCUT2D eigenvalue weighted by Gasteiger charge is -2.12. The number of benzene rings is 1. The van der Waals surface area contributed by atoms with Crippen molar-refractivity contribution in [2.75, 3.05) is 12.9 Å². The van der Waals surface area contributed by atoms with Gasteiger partial charge in [0.25, 0.3) is 0 Å². The van der Waals surface area contributed by atoms with Gasteiger partial charge in [0.15, 0.2) is 9.84 Å². The number of ether oxygens (including phenoxy) is 1. The molecule has 18 heavy (non-hydrogen) atoms. The Hall–Kier alpha value is -1.54. The molecule has 0 N–H and O–H groups in total. The first-order chi connectivity index (χ1) is 8.42. The van der Waals surface area contributed by atoms with Gasteiger partial charge in [-0.2, -0.15) is 5.26 Å². The lowest BCUT2D eigenvalue weighted by molar-refractivity contribution is 0.402. The fraction of sp³-hybridized carbons (Fsp3) is 0.462. The molecular weight excluding hydrogens is 250 g/mol. The number of methoxy groups -OCH3 is 1. The second-order valence-electron chi connectivity index (χ2n) is 4.29. The molecule has 0 radical (unpaired) electrons. The fourth-order valence-corrected chi connectivity index (χ4v) is 2.89. The highest BCUT2D eigenvalue weighted by molar-refractivity contribution is 7.91. The Balaban J connectivity index is 3.22. The summed E-state index contributed by atoms with van der Waals surface area (Å²) in [5, 5.41) is 8.47. The standard InChI is InChI=1S/C13H17NO3S/c1-10(2)11-5-6-13(12(9-11)17-3)18(15,16)8-4-7-14/h5-6,9-10H,4,8H2,1-3H3. The number of nitrogens with zero attached hydrogens (tertiary/aromatic N) is 1. The van der Waals surface area contributed by atoms with Crippen LogP contribution in [0.2, 0.25) is 0 Å². The molecule has 0 bridgehead atoms. The Bertz CT molecular complexity index is 556. The Kier molecular flexibility index (Phi) is 4.74. The summed E-state index contributed by atoms with van der Waals surface area (Å²) in [6, 6.07) is 6.92. The lowest BCUT2D eigenvalue weighted by atomic mass is 10.0. The van der Waals surface area contributed by atoms with Crippen LogP contribution in [-0.2, 0) is 9.84 Å². The van der Waals surface area contributed by atoms with Crippen LogP contribution in [0.5, 0.6) is 5.75 Å². The van der Waals surface area contributed by atoms with Gasteiger partial charge in [0.2, 0.25) is 0 Å². The smallest absolute Gasteiger partial charge is 0.183 e. The molecule has 5 heteroatoms. The van der Waals surface area contributed by atoms with E-state index in [-0.39, 0.29) is 17.1 Å². The van der Waals surface area contributed by atoms with Gasteiger partial charge in [0.1, 0.15) is 10.6 Å². The van der Waals surface area contributed by atoms with E-state index in [0.29, 0.717) is 11.7 Å². The van der Waals surface area contributed by atoms with E-state index in [1.54, 1.807) is 18.2 Å². The number of sulfone groups is 1. The van der Waals surface area contributed by atoms with Gasteiger partial charge in [0.05, 0.1) is 18.9 Å². The summed E-state index contributed by atoms with van der Waals surface area (Å²) < 4.78 is 29.2. The highest BCUT2D eigenvalue weighted by Crippen LogP contribution is 2.29. The van der Waals surface area contributed by atoms with Gasteiger partial charge in [-0.25, -0.2) is 8.42 Å². The van der Waals surface area contributed by atoms with Gasteiger partial charge in [-0.15, -0.1) is 0 Å². The topological polar surface area (TPSA) is 67.2 Å². The zero-order valence-corrected chi connectivity index (χ0v) is 11.6. The molecule has 0 saturated heterocycles. The van der Waals surface area contributed by atoms with Gasteiger partial charge in [0, 0.05) is 6.42 Å². The van der Waals surface area contributed by atoms with E-state index >= 15 is 0 Å². The minimum Gasteiger partial charge on any atom is -0.495 e. The van der Waals surface area contributed by atoms with Crippen LogP contribution in [0.3, 0.4) is 0 Å². The van der Waals surface area contributed by atoms with E-state index in [1.165, 1.54) is 7.11 Å². The molecule has 0 amide bonds. The predicted octanol–water partition coefficient (Wildman–Crippen LogP) is 2.51. The Morgan fingerprint density at radius 1 is 1.39 bits per heavy atom. The van der Waals surface area contributed by atoms with Crippen molar-refractivity contribution in [2.24, 2.45) is 0 Å². The predicted molar refractivity (Wildman–Crippen MR) is 69.4 cm³/mol. The first kappa shape index (κ1) is 14.5. The van der Waals surface area contributed by atoms with Crippen LogP contribution in [0.4, 0.5) is 0 Å². The summed E-state index contributed by atoms with van der Waals surface area (Å²) in [5.74, 6) is 0.467. The minimum absolute atomic E-state index is 0.0164. The zero-order valence-electron chi connectivity index (χ0n) is 10.8. The van der Waals surface area contributed by atoms with Crippen molar-refractivity contribution in [3.8, 4) is 11.8 Å². The number of hydrogen-bond donors (Lipinski definition) is 0. The minimum atomic E-state index is -3.46. The summed E-state index contributed by atoms with van der Waals surface area (Å²) in [7, 11) is -2.01. The van der Waals surface area contributed by atoms with Gasteiger partial charge in [-0.1, -0.05) is 19.9 Å². The fourth-order valence-electron chi connectivity index (χ4n) is 1.59. The highest BCUT2D eigenvalue weighted by Gasteiger charge is 2.20. The van der Waals surface area contributed by atoms with Crippen LogP contribution in [-0.4, -0.2) is 21.3 Å². The molecule has 0 atom stereocenters. The average Bonchev–Trinajstić information content (AvgIpc) is 2.35. The molecule has 4 nitrogen and oxygen atoms in total. The van der Waals surface area contributed by atoms with Gasteiger partial charge in [-0.05, 0) is 23.6 Å². The van der Waals surface area contributed by atoms with E-state index in [4.69, 9.17) is 10.00 Å². The molecule has 0 aliphatic heterocycles. The van der Waals surface area contributed by atoms with Crippen molar-refractivity contribution in [3.63, 3.8) is 0 Å². The van der Waals surface area contributed by atoms with Crippen LogP contribution in [0.25, 0.3) is 0 Å². The van der Waals surface area contributed by atoms with Crippen LogP contribution in [0.1, 0.15) is 31.7 Å². The van der Waals surface area contributed by atoms with Gasteiger partial charge in [-0.3, -0.25) is 0 Å². The summed E-state index contributed by atoms with van der Waals surface area (Å²) in [6.45, 7) is 4.05. The maximum atomic E-state index is 12.0. The van der Waals surface area contributed by atoms with Crippen LogP contribution >= 0.6 is 0 Å². The first-order valence-corrected chi connectivity index (χ1v) is 7.35. The van der Waals surface area contributed by atoms with Crippen LogP contribution in [0, 0.1) is 11.3 Å². The lowest BCUT2D eigenvalue weighted by Crippen LogP contribution is -2.08. The van der Waals surface area contributed by atoms with Crippen molar-refractivity contribution in [3.05, 3.63) is 23.8 Å². The molecule has 0 aliphatic carbocycles. The molecule has 1 rings (SSSR count). The number of nitriles is 1.